The third kappa shape index (κ3) is 4.40. The van der Waals surface area contributed by atoms with E-state index < -0.39 is 0 Å². The molecule has 4 heteroatoms. The van der Waals surface area contributed by atoms with Crippen LogP contribution >= 0.6 is 0 Å². The van der Waals surface area contributed by atoms with Crippen LogP contribution in [0, 0.1) is 19.3 Å². The molecule has 4 nitrogen and oxygen atoms in total. The summed E-state index contributed by atoms with van der Waals surface area (Å²) in [5.74, 6) is 4.23. The highest BCUT2D eigenvalue weighted by molar-refractivity contribution is 5.96. The molecule has 1 atom stereocenters. The molecule has 0 radical (unpaired) electrons. The number of rotatable bonds is 6. The minimum atomic E-state index is 0.135. The molecule has 1 saturated carbocycles. The van der Waals surface area contributed by atoms with Gasteiger partial charge >= 0.3 is 0 Å². The third-order valence-electron chi connectivity index (χ3n) is 5.78. The first-order chi connectivity index (χ1) is 14.1. The van der Waals surface area contributed by atoms with Crippen molar-refractivity contribution in [2.45, 2.75) is 51.0 Å². The van der Waals surface area contributed by atoms with Gasteiger partial charge in [0.15, 0.2) is 11.5 Å². The van der Waals surface area contributed by atoms with E-state index in [-0.39, 0.29) is 24.5 Å². The van der Waals surface area contributed by atoms with Crippen molar-refractivity contribution < 1.29 is 14.3 Å². The number of carbonyl (C=O) groups excluding carboxylic acids is 1. The zero-order valence-electron chi connectivity index (χ0n) is 16.9. The van der Waals surface area contributed by atoms with Crippen LogP contribution in [0.4, 0.5) is 5.69 Å². The van der Waals surface area contributed by atoms with Crippen molar-refractivity contribution in [2.24, 2.45) is 0 Å². The first kappa shape index (κ1) is 19.4. The standard InChI is InChI=1S/C25H27NO3/c1-3-13-28-23-12-11-19(15-24(23)29-22-9-4-5-10-22)20-16-25(27)26(17-20)21-8-6-7-18(2)14-21/h1,6-8,11-12,14-15,20,22H,4-5,9-10,13,16-17H2,2H3/t20-/m0/s1. The van der Waals surface area contributed by atoms with E-state index in [1.54, 1.807) is 0 Å². The maximum atomic E-state index is 12.7. The van der Waals surface area contributed by atoms with Crippen LogP contribution in [-0.4, -0.2) is 25.2 Å². The Morgan fingerprint density at radius 2 is 1.97 bits per heavy atom. The average Bonchev–Trinajstić information content (AvgIpc) is 3.36. The summed E-state index contributed by atoms with van der Waals surface area (Å²) in [4.78, 5) is 14.6. The van der Waals surface area contributed by atoms with Gasteiger partial charge in [-0.3, -0.25) is 4.79 Å². The molecule has 2 fully saturated rings. The lowest BCUT2D eigenvalue weighted by atomic mass is 9.98. The first-order valence-corrected chi connectivity index (χ1v) is 10.4. The maximum absolute atomic E-state index is 12.7. The van der Waals surface area contributed by atoms with Crippen LogP contribution in [0.25, 0.3) is 0 Å². The minimum absolute atomic E-state index is 0.135. The number of terminal acetylenes is 1. The molecule has 150 valence electrons. The predicted octanol–water partition coefficient (Wildman–Crippen LogP) is 4.85. The number of nitrogens with zero attached hydrogens (tertiary/aromatic N) is 1. The minimum Gasteiger partial charge on any atom is -0.487 e. The van der Waals surface area contributed by atoms with Crippen LogP contribution in [-0.2, 0) is 4.79 Å². The van der Waals surface area contributed by atoms with Gasteiger partial charge in [0, 0.05) is 24.6 Å². The Bertz CT molecular complexity index is 924. The molecule has 2 aliphatic rings. The van der Waals surface area contributed by atoms with Gasteiger partial charge in [-0.25, -0.2) is 0 Å². The molecule has 0 aromatic heterocycles. The highest BCUT2D eigenvalue weighted by atomic mass is 16.5. The summed E-state index contributed by atoms with van der Waals surface area (Å²) in [5.41, 5.74) is 3.23. The number of anilines is 1. The molecular weight excluding hydrogens is 362 g/mol. The summed E-state index contributed by atoms with van der Waals surface area (Å²) < 4.78 is 12.0. The third-order valence-corrected chi connectivity index (χ3v) is 5.78. The van der Waals surface area contributed by atoms with Crippen molar-refractivity contribution in [1.82, 2.24) is 0 Å². The Kier molecular flexibility index (Phi) is 5.76. The van der Waals surface area contributed by atoms with Crippen LogP contribution in [0.3, 0.4) is 0 Å². The Labute approximate surface area is 172 Å². The second-order valence-electron chi connectivity index (χ2n) is 7.97. The van der Waals surface area contributed by atoms with Crippen molar-refractivity contribution >= 4 is 11.6 Å². The van der Waals surface area contributed by atoms with E-state index in [4.69, 9.17) is 15.9 Å². The summed E-state index contributed by atoms with van der Waals surface area (Å²) >= 11 is 0. The quantitative estimate of drug-likeness (QED) is 0.663. The molecule has 1 aliphatic carbocycles. The van der Waals surface area contributed by atoms with Gasteiger partial charge in [0.05, 0.1) is 6.10 Å². The molecule has 1 amide bonds. The van der Waals surface area contributed by atoms with Gasteiger partial charge in [0.25, 0.3) is 0 Å². The van der Waals surface area contributed by atoms with E-state index in [0.717, 1.165) is 35.4 Å². The number of benzene rings is 2. The van der Waals surface area contributed by atoms with Gasteiger partial charge in [-0.15, -0.1) is 6.42 Å². The molecule has 4 rings (SSSR count). The van der Waals surface area contributed by atoms with Crippen LogP contribution in [0.15, 0.2) is 42.5 Å². The molecule has 0 bridgehead atoms. The molecule has 1 aliphatic heterocycles. The van der Waals surface area contributed by atoms with Gasteiger partial charge < -0.3 is 14.4 Å². The molecule has 1 saturated heterocycles. The van der Waals surface area contributed by atoms with Crippen LogP contribution in [0.2, 0.25) is 0 Å². The SMILES string of the molecule is C#CCOc1ccc([C@H]2CC(=O)N(c3cccc(C)c3)C2)cc1OC1CCCC1. The summed E-state index contributed by atoms with van der Waals surface area (Å²) in [5, 5.41) is 0. The summed E-state index contributed by atoms with van der Waals surface area (Å²) in [6.45, 7) is 2.93. The number of hydrogen-bond donors (Lipinski definition) is 0. The molecule has 0 N–H and O–H groups in total. The van der Waals surface area contributed by atoms with Gasteiger partial charge in [-0.05, 0) is 68.0 Å². The molecule has 29 heavy (non-hydrogen) atoms. The molecule has 2 aromatic carbocycles. The smallest absolute Gasteiger partial charge is 0.227 e. The molecule has 2 aromatic rings. The first-order valence-electron chi connectivity index (χ1n) is 10.4. The summed E-state index contributed by atoms with van der Waals surface area (Å²) in [6, 6.07) is 14.1. The maximum Gasteiger partial charge on any atom is 0.227 e. The van der Waals surface area contributed by atoms with Crippen molar-refractivity contribution in [3.63, 3.8) is 0 Å². The van der Waals surface area contributed by atoms with Crippen molar-refractivity contribution in [2.75, 3.05) is 18.1 Å². The fraction of sp³-hybridized carbons (Fsp3) is 0.400. The van der Waals surface area contributed by atoms with E-state index in [1.165, 1.54) is 12.8 Å². The van der Waals surface area contributed by atoms with Crippen LogP contribution < -0.4 is 14.4 Å². The van der Waals surface area contributed by atoms with Gasteiger partial charge in [-0.2, -0.15) is 0 Å². The number of aryl methyl sites for hydroxylation is 1. The fourth-order valence-electron chi connectivity index (χ4n) is 4.27. The molecular formula is C25H27NO3. The highest BCUT2D eigenvalue weighted by Crippen LogP contribution is 2.38. The molecule has 0 unspecified atom stereocenters. The second-order valence-corrected chi connectivity index (χ2v) is 7.97. The molecule has 1 heterocycles. The number of amides is 1. The second kappa shape index (κ2) is 8.61. The van der Waals surface area contributed by atoms with Gasteiger partial charge in [-0.1, -0.05) is 24.1 Å². The lowest BCUT2D eigenvalue weighted by molar-refractivity contribution is -0.117. The Morgan fingerprint density at radius 1 is 1.14 bits per heavy atom. The van der Waals surface area contributed by atoms with Crippen LogP contribution in [0.1, 0.15) is 49.1 Å². The van der Waals surface area contributed by atoms with Crippen molar-refractivity contribution in [3.8, 4) is 23.8 Å². The van der Waals surface area contributed by atoms with Gasteiger partial charge in [0.2, 0.25) is 5.91 Å². The predicted molar refractivity (Wildman–Crippen MR) is 115 cm³/mol. The largest absolute Gasteiger partial charge is 0.487 e. The Hall–Kier alpha value is -2.93. The van der Waals surface area contributed by atoms with Crippen molar-refractivity contribution in [1.29, 1.82) is 0 Å². The average molecular weight is 389 g/mol. The van der Waals surface area contributed by atoms with E-state index >= 15 is 0 Å². The number of ether oxygens (including phenoxy) is 2. The Morgan fingerprint density at radius 3 is 2.72 bits per heavy atom. The van der Waals surface area contributed by atoms with E-state index in [2.05, 4.69) is 12.0 Å². The number of carbonyl (C=O) groups is 1. The Balaban J connectivity index is 1.56. The monoisotopic (exact) mass is 389 g/mol. The normalized spacial score (nSPS) is 19.4. The summed E-state index contributed by atoms with van der Waals surface area (Å²) in [7, 11) is 0. The zero-order chi connectivity index (χ0) is 20.2. The van der Waals surface area contributed by atoms with E-state index in [0.29, 0.717) is 18.7 Å². The highest BCUT2D eigenvalue weighted by Gasteiger charge is 2.32. The van der Waals surface area contributed by atoms with Crippen LogP contribution in [0.5, 0.6) is 11.5 Å². The topological polar surface area (TPSA) is 38.8 Å². The van der Waals surface area contributed by atoms with E-state index in [9.17, 15) is 4.79 Å². The zero-order valence-corrected chi connectivity index (χ0v) is 16.9. The summed E-state index contributed by atoms with van der Waals surface area (Å²) in [6.07, 6.45) is 10.6. The molecule has 0 spiro atoms. The van der Waals surface area contributed by atoms with Crippen molar-refractivity contribution in [3.05, 3.63) is 53.6 Å². The van der Waals surface area contributed by atoms with E-state index in [1.807, 2.05) is 48.2 Å². The lowest BCUT2D eigenvalue weighted by Gasteiger charge is -2.20. The fourth-order valence-corrected chi connectivity index (χ4v) is 4.27. The van der Waals surface area contributed by atoms with Gasteiger partial charge in [0.1, 0.15) is 6.61 Å². The number of hydrogen-bond acceptors (Lipinski definition) is 3. The lowest BCUT2D eigenvalue weighted by Crippen LogP contribution is -2.24.